The number of furan rings is 1. The highest BCUT2D eigenvalue weighted by atomic mass is 35.5. The standard InChI is InChI=1S/C15H19NO2.ClH/c1-2-6-17-14-4-3-13-11(5-7-18-13)15(14)12-8-10(12)9-16;/h3-5,7,10,12H,2,6,8-9,16H2,1H3;1H/t10-,12+;/m0./s1. The first-order valence-corrected chi connectivity index (χ1v) is 6.68. The van der Waals surface area contributed by atoms with Gasteiger partial charge in [0.1, 0.15) is 11.3 Å². The lowest BCUT2D eigenvalue weighted by Gasteiger charge is -2.11. The second-order valence-corrected chi connectivity index (χ2v) is 5.00. The maximum atomic E-state index is 5.88. The number of rotatable bonds is 5. The Morgan fingerprint density at radius 3 is 2.89 bits per heavy atom. The van der Waals surface area contributed by atoms with Gasteiger partial charge in [-0.1, -0.05) is 6.92 Å². The van der Waals surface area contributed by atoms with E-state index in [1.807, 2.05) is 18.2 Å². The molecule has 3 nitrogen and oxygen atoms in total. The summed E-state index contributed by atoms with van der Waals surface area (Å²) in [6.45, 7) is 3.64. The average Bonchev–Trinajstić information content (AvgIpc) is 3.02. The van der Waals surface area contributed by atoms with Crippen LogP contribution in [-0.2, 0) is 0 Å². The predicted molar refractivity (Wildman–Crippen MR) is 79.2 cm³/mol. The Bertz CT molecular complexity index is 552. The summed E-state index contributed by atoms with van der Waals surface area (Å²) in [6.07, 6.45) is 3.94. The molecule has 0 amide bonds. The molecule has 1 heterocycles. The van der Waals surface area contributed by atoms with E-state index < -0.39 is 0 Å². The molecule has 19 heavy (non-hydrogen) atoms. The minimum absolute atomic E-state index is 0. The zero-order valence-electron chi connectivity index (χ0n) is 11.1. The molecule has 2 aromatic rings. The smallest absolute Gasteiger partial charge is 0.134 e. The molecule has 2 atom stereocenters. The van der Waals surface area contributed by atoms with Crippen LogP contribution in [0, 0.1) is 5.92 Å². The molecule has 3 rings (SSSR count). The molecule has 1 aromatic heterocycles. The molecular weight excluding hydrogens is 262 g/mol. The SMILES string of the molecule is CCCOc1ccc2occc2c1[C@@H]1C[C@H]1CN.Cl. The van der Waals surface area contributed by atoms with Crippen molar-refractivity contribution in [2.24, 2.45) is 11.7 Å². The first kappa shape index (κ1) is 14.2. The van der Waals surface area contributed by atoms with Crippen LogP contribution in [-0.4, -0.2) is 13.2 Å². The molecule has 1 saturated carbocycles. The van der Waals surface area contributed by atoms with Gasteiger partial charge < -0.3 is 14.9 Å². The third-order valence-corrected chi connectivity index (χ3v) is 3.69. The van der Waals surface area contributed by atoms with E-state index in [1.165, 1.54) is 17.4 Å². The Morgan fingerprint density at radius 2 is 2.21 bits per heavy atom. The fourth-order valence-corrected chi connectivity index (χ4v) is 2.63. The van der Waals surface area contributed by atoms with Crippen LogP contribution in [0.1, 0.15) is 31.2 Å². The number of hydrogen-bond donors (Lipinski definition) is 1. The van der Waals surface area contributed by atoms with Gasteiger partial charge in [0.15, 0.2) is 0 Å². The summed E-state index contributed by atoms with van der Waals surface area (Å²) in [4.78, 5) is 0. The van der Waals surface area contributed by atoms with Gasteiger partial charge in [-0.2, -0.15) is 0 Å². The Balaban J connectivity index is 0.00000133. The number of fused-ring (bicyclic) bond motifs is 1. The van der Waals surface area contributed by atoms with E-state index in [0.717, 1.165) is 30.9 Å². The fraction of sp³-hybridized carbons (Fsp3) is 0.467. The number of halogens is 1. The summed E-state index contributed by atoms with van der Waals surface area (Å²) in [6, 6.07) is 6.06. The highest BCUT2D eigenvalue weighted by Crippen LogP contribution is 2.52. The summed E-state index contributed by atoms with van der Waals surface area (Å²) in [5, 5.41) is 1.18. The summed E-state index contributed by atoms with van der Waals surface area (Å²) in [5.41, 5.74) is 8.00. The third kappa shape index (κ3) is 2.58. The van der Waals surface area contributed by atoms with Gasteiger partial charge in [-0.25, -0.2) is 0 Å². The van der Waals surface area contributed by atoms with Crippen LogP contribution in [0.3, 0.4) is 0 Å². The monoisotopic (exact) mass is 281 g/mol. The molecule has 1 aromatic carbocycles. The lowest BCUT2D eigenvalue weighted by molar-refractivity contribution is 0.314. The van der Waals surface area contributed by atoms with Crippen LogP contribution < -0.4 is 10.5 Å². The van der Waals surface area contributed by atoms with Gasteiger partial charge in [-0.15, -0.1) is 12.4 Å². The van der Waals surface area contributed by atoms with Crippen LogP contribution >= 0.6 is 12.4 Å². The van der Waals surface area contributed by atoms with Crippen LogP contribution in [0.4, 0.5) is 0 Å². The van der Waals surface area contributed by atoms with Crippen LogP contribution in [0.25, 0.3) is 11.0 Å². The van der Waals surface area contributed by atoms with Crippen molar-refractivity contribution >= 4 is 23.4 Å². The summed E-state index contributed by atoms with van der Waals surface area (Å²) in [5.74, 6) is 2.16. The third-order valence-electron chi connectivity index (χ3n) is 3.69. The molecule has 0 saturated heterocycles. The van der Waals surface area contributed by atoms with Crippen molar-refractivity contribution in [3.8, 4) is 5.75 Å². The van der Waals surface area contributed by atoms with Crippen molar-refractivity contribution in [3.63, 3.8) is 0 Å². The second-order valence-electron chi connectivity index (χ2n) is 5.00. The number of hydrogen-bond acceptors (Lipinski definition) is 3. The van der Waals surface area contributed by atoms with Gasteiger partial charge in [0.25, 0.3) is 0 Å². The highest BCUT2D eigenvalue weighted by molar-refractivity contribution is 5.85. The summed E-state index contributed by atoms with van der Waals surface area (Å²) in [7, 11) is 0. The van der Waals surface area contributed by atoms with Crippen molar-refractivity contribution in [1.29, 1.82) is 0 Å². The van der Waals surface area contributed by atoms with Gasteiger partial charge >= 0.3 is 0 Å². The van der Waals surface area contributed by atoms with E-state index >= 15 is 0 Å². The topological polar surface area (TPSA) is 48.4 Å². The molecule has 0 radical (unpaired) electrons. The van der Waals surface area contributed by atoms with E-state index in [9.17, 15) is 0 Å². The maximum Gasteiger partial charge on any atom is 0.134 e. The van der Waals surface area contributed by atoms with E-state index in [0.29, 0.717) is 11.8 Å². The molecule has 4 heteroatoms. The number of benzene rings is 1. The minimum Gasteiger partial charge on any atom is -0.493 e. The molecule has 0 spiro atoms. The number of nitrogens with two attached hydrogens (primary N) is 1. The highest BCUT2D eigenvalue weighted by Gasteiger charge is 2.40. The Labute approximate surface area is 119 Å². The van der Waals surface area contributed by atoms with Gasteiger partial charge in [-0.3, -0.25) is 0 Å². The van der Waals surface area contributed by atoms with E-state index in [4.69, 9.17) is 14.9 Å². The van der Waals surface area contributed by atoms with Gasteiger partial charge in [0.2, 0.25) is 0 Å². The Morgan fingerprint density at radius 1 is 1.37 bits per heavy atom. The quantitative estimate of drug-likeness (QED) is 0.909. The van der Waals surface area contributed by atoms with Gasteiger partial charge in [-0.05, 0) is 49.4 Å². The van der Waals surface area contributed by atoms with Crippen molar-refractivity contribution in [1.82, 2.24) is 0 Å². The molecule has 0 unspecified atom stereocenters. The summed E-state index contributed by atoms with van der Waals surface area (Å²) < 4.78 is 11.4. The Kier molecular flexibility index (Phi) is 4.38. The molecule has 0 aliphatic heterocycles. The molecule has 1 fully saturated rings. The van der Waals surface area contributed by atoms with Gasteiger partial charge in [0, 0.05) is 10.9 Å². The first-order chi connectivity index (χ1) is 8.85. The average molecular weight is 282 g/mol. The predicted octanol–water partition coefficient (Wildman–Crippen LogP) is 3.71. The van der Waals surface area contributed by atoms with Crippen LogP contribution in [0.5, 0.6) is 5.75 Å². The number of ether oxygens (including phenoxy) is 1. The van der Waals surface area contributed by atoms with Gasteiger partial charge in [0.05, 0.1) is 12.9 Å². The lowest BCUT2D eigenvalue weighted by Crippen LogP contribution is -2.04. The zero-order valence-corrected chi connectivity index (χ0v) is 11.9. The first-order valence-electron chi connectivity index (χ1n) is 6.68. The largest absolute Gasteiger partial charge is 0.493 e. The van der Waals surface area contributed by atoms with E-state index in [1.54, 1.807) is 6.26 Å². The second kappa shape index (κ2) is 5.85. The zero-order chi connectivity index (χ0) is 12.5. The molecule has 1 aliphatic rings. The summed E-state index contributed by atoms with van der Waals surface area (Å²) >= 11 is 0. The maximum absolute atomic E-state index is 5.88. The van der Waals surface area contributed by atoms with E-state index in [-0.39, 0.29) is 12.4 Å². The van der Waals surface area contributed by atoms with E-state index in [2.05, 4.69) is 6.92 Å². The normalized spacial score (nSPS) is 21.2. The van der Waals surface area contributed by atoms with Crippen molar-refractivity contribution in [2.45, 2.75) is 25.7 Å². The van der Waals surface area contributed by atoms with Crippen molar-refractivity contribution in [3.05, 3.63) is 30.0 Å². The van der Waals surface area contributed by atoms with Crippen molar-refractivity contribution in [2.75, 3.05) is 13.2 Å². The molecule has 104 valence electrons. The fourth-order valence-electron chi connectivity index (χ4n) is 2.63. The van der Waals surface area contributed by atoms with Crippen LogP contribution in [0.15, 0.2) is 28.9 Å². The Hall–Kier alpha value is -1.19. The molecule has 0 bridgehead atoms. The lowest BCUT2D eigenvalue weighted by atomic mass is 10.0. The molecular formula is C15H20ClNO2. The molecule has 1 aliphatic carbocycles. The van der Waals surface area contributed by atoms with Crippen LogP contribution in [0.2, 0.25) is 0 Å². The minimum atomic E-state index is 0. The van der Waals surface area contributed by atoms with Crippen molar-refractivity contribution < 1.29 is 9.15 Å². The molecule has 2 N–H and O–H groups in total.